The van der Waals surface area contributed by atoms with Gasteiger partial charge in [0.15, 0.2) is 12.4 Å². The van der Waals surface area contributed by atoms with Gasteiger partial charge in [-0.1, -0.05) is 66.7 Å². The van der Waals surface area contributed by atoms with Crippen LogP contribution in [0, 0.1) is 0 Å². The van der Waals surface area contributed by atoms with Gasteiger partial charge in [0.1, 0.15) is 29.2 Å². The van der Waals surface area contributed by atoms with E-state index in [2.05, 4.69) is 0 Å². The fourth-order valence-corrected chi connectivity index (χ4v) is 5.96. The summed E-state index contributed by atoms with van der Waals surface area (Å²) < 4.78 is 35.8. The zero-order valence-corrected chi connectivity index (χ0v) is 24.8. The maximum atomic E-state index is 13.3. The summed E-state index contributed by atoms with van der Waals surface area (Å²) in [6.07, 6.45) is -4.47. The van der Waals surface area contributed by atoms with Crippen molar-refractivity contribution < 1.29 is 47.6 Å². The van der Waals surface area contributed by atoms with E-state index in [9.17, 15) is 14.4 Å². The Morgan fingerprint density at radius 3 is 2.04 bits per heavy atom. The summed E-state index contributed by atoms with van der Waals surface area (Å²) in [7, 11) is 1.67. The minimum Gasteiger partial charge on any atom is -0.423 e. The minimum absolute atomic E-state index is 0.149. The van der Waals surface area contributed by atoms with Gasteiger partial charge in [-0.15, -0.1) is 0 Å². The van der Waals surface area contributed by atoms with E-state index in [4.69, 9.17) is 33.3 Å². The maximum Gasteiger partial charge on any atom is 0.511 e. The molecule has 7 rings (SSSR count). The first-order chi connectivity index (χ1) is 22.3. The van der Waals surface area contributed by atoms with Crippen molar-refractivity contribution in [2.75, 3.05) is 7.05 Å². The predicted octanol–water partition coefficient (Wildman–Crippen LogP) is 5.56. The zero-order valence-electron chi connectivity index (χ0n) is 24.8. The molecule has 11 heteroatoms. The van der Waals surface area contributed by atoms with Gasteiger partial charge in [-0.2, -0.15) is 5.06 Å². The van der Waals surface area contributed by atoms with E-state index in [1.54, 1.807) is 86.8 Å². The van der Waals surface area contributed by atoms with Gasteiger partial charge in [-0.25, -0.2) is 14.4 Å². The molecule has 0 radical (unpaired) electrons. The Kier molecular flexibility index (Phi) is 7.75. The average molecular weight is 624 g/mol. The Labute approximate surface area is 264 Å². The molecule has 3 aliphatic rings. The van der Waals surface area contributed by atoms with Gasteiger partial charge in [0.2, 0.25) is 0 Å². The number of nitrogens with zero attached hydrogens (tertiary/aromatic N) is 1. The normalized spacial score (nSPS) is 27.0. The monoisotopic (exact) mass is 623 g/mol. The molecule has 11 nitrogen and oxygen atoms in total. The molecular weight excluding hydrogens is 594 g/mol. The van der Waals surface area contributed by atoms with E-state index in [-0.39, 0.29) is 11.5 Å². The van der Waals surface area contributed by atoms with Gasteiger partial charge in [0, 0.05) is 18.2 Å². The van der Waals surface area contributed by atoms with Crippen LogP contribution in [0.15, 0.2) is 109 Å². The highest BCUT2D eigenvalue weighted by Crippen LogP contribution is 2.52. The molecule has 0 spiro atoms. The lowest BCUT2D eigenvalue weighted by atomic mass is 9.83. The molecule has 4 aromatic rings. The largest absolute Gasteiger partial charge is 0.511 e. The van der Waals surface area contributed by atoms with E-state index in [1.807, 2.05) is 30.3 Å². The Morgan fingerprint density at radius 1 is 0.783 bits per heavy atom. The van der Waals surface area contributed by atoms with Gasteiger partial charge in [0.05, 0.1) is 11.1 Å². The summed E-state index contributed by atoms with van der Waals surface area (Å²) in [5.74, 6) is -0.848. The topological polar surface area (TPSA) is 119 Å². The van der Waals surface area contributed by atoms with Crippen LogP contribution in [0.3, 0.4) is 0 Å². The Morgan fingerprint density at radius 2 is 1.39 bits per heavy atom. The lowest BCUT2D eigenvalue weighted by molar-refractivity contribution is -0.214. The molecule has 3 fully saturated rings. The Bertz CT molecular complexity index is 1750. The molecule has 3 saturated heterocycles. The third-order valence-corrected chi connectivity index (χ3v) is 8.20. The number of rotatable bonds is 7. The summed E-state index contributed by atoms with van der Waals surface area (Å²) in [5, 5.41) is 1.51. The number of benzene rings is 4. The van der Waals surface area contributed by atoms with Crippen LogP contribution in [0.1, 0.15) is 45.1 Å². The maximum absolute atomic E-state index is 13.3. The third kappa shape index (κ3) is 5.50. The Hall–Kier alpha value is -5.07. The molecule has 0 amide bonds. The fraction of sp³-hybridized carbons (Fsp3) is 0.229. The van der Waals surface area contributed by atoms with Crippen molar-refractivity contribution in [1.29, 1.82) is 0 Å². The number of ether oxygens (including phenoxy) is 6. The van der Waals surface area contributed by atoms with Crippen LogP contribution in [0.2, 0.25) is 0 Å². The van der Waals surface area contributed by atoms with E-state index >= 15 is 0 Å². The number of hydroxylamine groups is 2. The highest BCUT2D eigenvalue weighted by Gasteiger charge is 2.63. The molecule has 0 bridgehead atoms. The number of esters is 2. The average Bonchev–Trinajstić information content (AvgIpc) is 3.71. The minimum atomic E-state index is -1.39. The molecule has 0 aromatic heterocycles. The summed E-state index contributed by atoms with van der Waals surface area (Å²) in [4.78, 5) is 44.2. The molecule has 3 aliphatic heterocycles. The van der Waals surface area contributed by atoms with Gasteiger partial charge < -0.3 is 28.4 Å². The molecule has 3 heterocycles. The van der Waals surface area contributed by atoms with E-state index < -0.39 is 54.5 Å². The van der Waals surface area contributed by atoms with Crippen LogP contribution in [0.5, 0.6) is 11.5 Å². The number of hydrogen-bond donors (Lipinski definition) is 0. The van der Waals surface area contributed by atoms with Gasteiger partial charge in [-0.3, -0.25) is 4.84 Å². The van der Waals surface area contributed by atoms with Crippen molar-refractivity contribution in [3.8, 4) is 11.5 Å². The second-order valence-electron chi connectivity index (χ2n) is 11.2. The first-order valence-corrected chi connectivity index (χ1v) is 14.6. The van der Waals surface area contributed by atoms with Crippen molar-refractivity contribution in [3.05, 3.63) is 131 Å². The lowest BCUT2D eigenvalue weighted by Gasteiger charge is -2.36. The van der Waals surface area contributed by atoms with Gasteiger partial charge in [-0.05, 0) is 49.4 Å². The second kappa shape index (κ2) is 12.0. The molecule has 0 aliphatic carbocycles. The van der Waals surface area contributed by atoms with Gasteiger partial charge >= 0.3 is 18.1 Å². The van der Waals surface area contributed by atoms with E-state index in [0.29, 0.717) is 16.7 Å². The fourth-order valence-electron chi connectivity index (χ4n) is 5.96. The SMILES string of the molecule is CN1OC2OC(=O)OC2[C@H]1[C@H]1O[C@H](c2ccccc2)OC1(C)c1cc(OC(=O)c2ccccc2)ccc1OC(=O)c1ccccc1. The smallest absolute Gasteiger partial charge is 0.423 e. The van der Waals surface area contributed by atoms with Crippen molar-refractivity contribution in [3.63, 3.8) is 0 Å². The van der Waals surface area contributed by atoms with Crippen LogP contribution in [-0.4, -0.2) is 54.7 Å². The van der Waals surface area contributed by atoms with Gasteiger partial charge in [0.25, 0.3) is 6.29 Å². The highest BCUT2D eigenvalue weighted by atomic mass is 16.9. The van der Waals surface area contributed by atoms with Crippen molar-refractivity contribution in [2.24, 2.45) is 0 Å². The molecule has 4 aromatic carbocycles. The molecule has 0 N–H and O–H groups in total. The zero-order chi connectivity index (χ0) is 31.8. The van der Waals surface area contributed by atoms with Crippen molar-refractivity contribution >= 4 is 18.1 Å². The summed E-state index contributed by atoms with van der Waals surface area (Å²) in [5.41, 5.74) is 0.372. The summed E-state index contributed by atoms with van der Waals surface area (Å²) >= 11 is 0. The predicted molar refractivity (Wildman–Crippen MR) is 160 cm³/mol. The standard InChI is InChI=1S/C35H29NO10/c1-35(29(43-32(45-35)23-16-10-5-11-17-23)27-28-33(46-36(27)2)44-34(39)42-28)25-20-24(40-30(37)21-12-6-3-7-13-21)18-19-26(25)41-31(38)22-14-8-4-9-15-22/h3-20,27-29,32-33H,1-2H3/t27-,28?,29+,32-,33?,35?/m0/s1. The first kappa shape index (κ1) is 29.6. The summed E-state index contributed by atoms with van der Waals surface area (Å²) in [6.45, 7) is 1.78. The Balaban J connectivity index is 1.32. The quantitative estimate of drug-likeness (QED) is 0.190. The van der Waals surface area contributed by atoms with E-state index in [1.165, 1.54) is 11.1 Å². The van der Waals surface area contributed by atoms with Crippen LogP contribution in [-0.2, 0) is 29.4 Å². The number of carbonyl (C=O) groups excluding carboxylic acids is 3. The highest BCUT2D eigenvalue weighted by molar-refractivity contribution is 5.92. The van der Waals surface area contributed by atoms with Crippen molar-refractivity contribution in [2.45, 2.75) is 43.4 Å². The number of carbonyl (C=O) groups is 3. The third-order valence-electron chi connectivity index (χ3n) is 8.20. The van der Waals surface area contributed by atoms with Crippen LogP contribution in [0.25, 0.3) is 0 Å². The van der Waals surface area contributed by atoms with Crippen LogP contribution >= 0.6 is 0 Å². The molecule has 234 valence electrons. The summed E-state index contributed by atoms with van der Waals surface area (Å²) in [6, 6.07) is 30.4. The number of likely N-dealkylation sites (N-methyl/N-ethyl adjacent to an activating group) is 1. The number of fused-ring (bicyclic) bond motifs is 1. The number of hydrogen-bond acceptors (Lipinski definition) is 11. The second-order valence-corrected chi connectivity index (χ2v) is 11.2. The van der Waals surface area contributed by atoms with Crippen LogP contribution in [0.4, 0.5) is 4.79 Å². The van der Waals surface area contributed by atoms with Crippen LogP contribution < -0.4 is 9.47 Å². The molecule has 46 heavy (non-hydrogen) atoms. The molecule has 6 atom stereocenters. The molecular formula is C35H29NO10. The molecule has 0 saturated carbocycles. The first-order valence-electron chi connectivity index (χ1n) is 14.6. The molecule has 3 unspecified atom stereocenters. The van der Waals surface area contributed by atoms with Crippen molar-refractivity contribution in [1.82, 2.24) is 5.06 Å². The lowest BCUT2D eigenvalue weighted by Crippen LogP contribution is -2.52. The van der Waals surface area contributed by atoms with E-state index in [0.717, 1.165) is 5.56 Å².